The van der Waals surface area contributed by atoms with Crippen LogP contribution in [0.3, 0.4) is 0 Å². The minimum Gasteiger partial charge on any atom is -0.391 e. The zero-order valence-corrected chi connectivity index (χ0v) is 16.5. The molecule has 0 saturated heterocycles. The molecule has 6 heteroatoms. The van der Waals surface area contributed by atoms with Crippen LogP contribution >= 0.6 is 0 Å². The van der Waals surface area contributed by atoms with Gasteiger partial charge in [-0.25, -0.2) is 14.4 Å². The van der Waals surface area contributed by atoms with E-state index in [1.54, 1.807) is 38.3 Å². The van der Waals surface area contributed by atoms with E-state index in [9.17, 15) is 14.3 Å². The van der Waals surface area contributed by atoms with Crippen LogP contribution in [0.4, 0.5) is 4.39 Å². The van der Waals surface area contributed by atoms with Gasteiger partial charge in [-0.2, -0.15) is 0 Å². The topological polar surface area (TPSA) is 75.1 Å². The maximum atomic E-state index is 13.9. The van der Waals surface area contributed by atoms with Crippen LogP contribution in [-0.2, 0) is 4.79 Å². The number of amides is 1. The van der Waals surface area contributed by atoms with Gasteiger partial charge in [0.05, 0.1) is 17.8 Å². The molecule has 3 rings (SSSR count). The van der Waals surface area contributed by atoms with Gasteiger partial charge < -0.3 is 10.4 Å². The third kappa shape index (κ3) is 4.17. The first-order valence-corrected chi connectivity index (χ1v) is 9.22. The highest BCUT2D eigenvalue weighted by molar-refractivity contribution is 5.99. The Balaban J connectivity index is 1.80. The molecule has 0 spiro atoms. The second-order valence-corrected chi connectivity index (χ2v) is 7.18. The van der Waals surface area contributed by atoms with E-state index < -0.39 is 12.1 Å². The quantitative estimate of drug-likeness (QED) is 0.831. The average Bonchev–Trinajstić information content (AvgIpc) is 3.13. The van der Waals surface area contributed by atoms with Gasteiger partial charge in [0.15, 0.2) is 0 Å². The van der Waals surface area contributed by atoms with Gasteiger partial charge >= 0.3 is 0 Å². The first-order chi connectivity index (χ1) is 13.3. The largest absolute Gasteiger partial charge is 0.391 e. The highest BCUT2D eigenvalue weighted by atomic mass is 19.1. The summed E-state index contributed by atoms with van der Waals surface area (Å²) in [5, 5.41) is 13.0. The zero-order valence-electron chi connectivity index (χ0n) is 16.5. The van der Waals surface area contributed by atoms with Crippen molar-refractivity contribution in [2.24, 2.45) is 0 Å². The van der Waals surface area contributed by atoms with E-state index in [-0.39, 0.29) is 11.7 Å². The third-order valence-corrected chi connectivity index (χ3v) is 4.85. The molecular formula is C22H24FN3O2. The predicted molar refractivity (Wildman–Crippen MR) is 106 cm³/mol. The second-order valence-electron chi connectivity index (χ2n) is 7.18. The van der Waals surface area contributed by atoms with Gasteiger partial charge in [0.2, 0.25) is 5.91 Å². The predicted octanol–water partition coefficient (Wildman–Crippen LogP) is 3.49. The molecule has 0 saturated carbocycles. The van der Waals surface area contributed by atoms with E-state index >= 15 is 0 Å². The lowest BCUT2D eigenvalue weighted by Crippen LogP contribution is -2.35. The number of nitrogens with one attached hydrogen (secondary N) is 1. The number of benzene rings is 1. The molecule has 1 aliphatic rings. The number of halogens is 1. The normalized spacial score (nSPS) is 15.6. The molecule has 2 aromatic rings. The molecule has 5 nitrogen and oxygen atoms in total. The Morgan fingerprint density at radius 1 is 1.25 bits per heavy atom. The first kappa shape index (κ1) is 19.9. The van der Waals surface area contributed by atoms with Gasteiger partial charge in [-0.05, 0) is 68.5 Å². The lowest BCUT2D eigenvalue weighted by molar-refractivity contribution is -0.119. The zero-order chi connectivity index (χ0) is 20.4. The molecule has 1 amide bonds. The summed E-state index contributed by atoms with van der Waals surface area (Å²) in [6.07, 6.45) is 5.12. The molecule has 146 valence electrons. The molecule has 0 bridgehead atoms. The molecule has 28 heavy (non-hydrogen) atoms. The van der Waals surface area contributed by atoms with Crippen LogP contribution in [0.15, 0.2) is 42.1 Å². The maximum absolute atomic E-state index is 13.9. The number of aliphatic hydroxyl groups is 1. The number of aromatic nitrogens is 2. The lowest BCUT2D eigenvalue weighted by Gasteiger charge is -2.22. The Hall–Kier alpha value is -2.86. The van der Waals surface area contributed by atoms with E-state index in [0.29, 0.717) is 28.9 Å². The molecule has 2 unspecified atom stereocenters. The number of hydrogen-bond donors (Lipinski definition) is 2. The summed E-state index contributed by atoms with van der Waals surface area (Å²) in [6, 6.07) is 4.01. The van der Waals surface area contributed by atoms with Crippen LogP contribution in [0.1, 0.15) is 47.6 Å². The Kier molecular flexibility index (Phi) is 5.70. The van der Waals surface area contributed by atoms with Crippen molar-refractivity contribution in [3.8, 4) is 0 Å². The molecule has 1 aliphatic carbocycles. The summed E-state index contributed by atoms with van der Waals surface area (Å²) < 4.78 is 13.9. The minimum absolute atomic E-state index is 0.290. The van der Waals surface area contributed by atoms with Crippen molar-refractivity contribution in [3.63, 3.8) is 0 Å². The van der Waals surface area contributed by atoms with Crippen LogP contribution in [0, 0.1) is 26.6 Å². The Morgan fingerprint density at radius 2 is 2.00 bits per heavy atom. The highest BCUT2D eigenvalue weighted by Crippen LogP contribution is 2.28. The summed E-state index contributed by atoms with van der Waals surface area (Å²) in [5.41, 5.74) is 4.24. The summed E-state index contributed by atoms with van der Waals surface area (Å²) >= 11 is 0. The first-order valence-electron chi connectivity index (χ1n) is 9.22. The molecule has 1 heterocycles. The van der Waals surface area contributed by atoms with Gasteiger partial charge in [-0.15, -0.1) is 0 Å². The number of hydrogen-bond acceptors (Lipinski definition) is 4. The molecule has 1 aromatic carbocycles. The molecule has 2 atom stereocenters. The van der Waals surface area contributed by atoms with E-state index in [0.717, 1.165) is 16.8 Å². The molecule has 0 fully saturated rings. The number of carbonyl (C=O) groups excluding carboxylic acids is 1. The van der Waals surface area contributed by atoms with E-state index in [1.807, 2.05) is 19.9 Å². The average molecular weight is 381 g/mol. The number of nitrogens with zero attached hydrogens (tertiary/aromatic N) is 2. The van der Waals surface area contributed by atoms with Crippen molar-refractivity contribution in [1.82, 2.24) is 15.3 Å². The molecular weight excluding hydrogens is 357 g/mol. The van der Waals surface area contributed by atoms with E-state index in [1.165, 1.54) is 6.07 Å². The van der Waals surface area contributed by atoms with Crippen molar-refractivity contribution in [2.45, 2.75) is 46.3 Å². The molecule has 2 N–H and O–H groups in total. The standard InChI is InChI=1S/C22H24FN3O2/c1-12-5-6-17(10-19(12)23)21(14(3)27)26-22(28)18-8-7-16(9-18)20-13(2)11-24-15(4)25-20/h5-7,9-11,14,21,27H,8H2,1-4H3,(H,26,28). The minimum atomic E-state index is -0.868. The van der Waals surface area contributed by atoms with Gasteiger partial charge in [0.1, 0.15) is 11.6 Å². The Bertz CT molecular complexity index is 980. The summed E-state index contributed by atoms with van der Waals surface area (Å²) in [4.78, 5) is 21.4. The number of allylic oxidation sites excluding steroid dienone is 3. The van der Waals surface area contributed by atoms with E-state index in [4.69, 9.17) is 0 Å². The van der Waals surface area contributed by atoms with Crippen LogP contribution in [0.25, 0.3) is 5.57 Å². The monoisotopic (exact) mass is 381 g/mol. The molecule has 0 radical (unpaired) electrons. The third-order valence-electron chi connectivity index (χ3n) is 4.85. The fraction of sp³-hybridized carbons (Fsp3) is 0.318. The van der Waals surface area contributed by atoms with Crippen LogP contribution in [0.5, 0.6) is 0 Å². The number of carbonyl (C=O) groups is 1. The van der Waals surface area contributed by atoms with Gasteiger partial charge in [0.25, 0.3) is 0 Å². The maximum Gasteiger partial charge on any atom is 0.248 e. The van der Waals surface area contributed by atoms with E-state index in [2.05, 4.69) is 15.3 Å². The Labute approximate surface area is 164 Å². The second kappa shape index (κ2) is 8.02. The van der Waals surface area contributed by atoms with Crippen molar-refractivity contribution < 1.29 is 14.3 Å². The number of aryl methyl sites for hydroxylation is 3. The van der Waals surface area contributed by atoms with Crippen LogP contribution in [0.2, 0.25) is 0 Å². The fourth-order valence-electron chi connectivity index (χ4n) is 3.19. The number of aliphatic hydroxyl groups excluding tert-OH is 1. The van der Waals surface area contributed by atoms with Gasteiger partial charge in [-0.3, -0.25) is 4.79 Å². The number of rotatable bonds is 5. The van der Waals surface area contributed by atoms with Crippen LogP contribution in [-0.4, -0.2) is 27.1 Å². The van der Waals surface area contributed by atoms with Crippen molar-refractivity contribution in [2.75, 3.05) is 0 Å². The smallest absolute Gasteiger partial charge is 0.248 e. The summed E-state index contributed by atoms with van der Waals surface area (Å²) in [6.45, 7) is 6.99. The molecule has 1 aromatic heterocycles. The highest BCUT2D eigenvalue weighted by Gasteiger charge is 2.24. The lowest BCUT2D eigenvalue weighted by atomic mass is 10.00. The fourth-order valence-corrected chi connectivity index (χ4v) is 3.19. The van der Waals surface area contributed by atoms with Crippen LogP contribution < -0.4 is 5.32 Å². The van der Waals surface area contributed by atoms with Crippen molar-refractivity contribution in [1.29, 1.82) is 0 Å². The van der Waals surface area contributed by atoms with Gasteiger partial charge in [-0.1, -0.05) is 18.2 Å². The van der Waals surface area contributed by atoms with Crippen molar-refractivity contribution >= 4 is 11.5 Å². The summed E-state index contributed by atoms with van der Waals surface area (Å²) in [7, 11) is 0. The summed E-state index contributed by atoms with van der Waals surface area (Å²) in [5.74, 6) is 0.0148. The SMILES string of the molecule is Cc1ncc(C)c(C2=CCC(C(=O)NC(c3ccc(C)c(F)c3)C(C)O)=C2)n1. The van der Waals surface area contributed by atoms with Gasteiger partial charge in [0, 0.05) is 11.8 Å². The van der Waals surface area contributed by atoms with Crippen molar-refractivity contribution in [3.05, 3.63) is 76.1 Å². The Morgan fingerprint density at radius 3 is 2.68 bits per heavy atom. The molecule has 0 aliphatic heterocycles.